The first-order chi connectivity index (χ1) is 17.4. The van der Waals surface area contributed by atoms with Gasteiger partial charge in [0.2, 0.25) is 0 Å². The van der Waals surface area contributed by atoms with Gasteiger partial charge in [-0.2, -0.15) is 0 Å². The molecule has 1 aliphatic heterocycles. The molecular weight excluding hydrogens is 426 g/mol. The van der Waals surface area contributed by atoms with E-state index in [1.807, 2.05) is 6.07 Å². The minimum Gasteiger partial charge on any atom is -0.371 e. The van der Waals surface area contributed by atoms with Crippen LogP contribution in [0, 0.1) is 0 Å². The number of anilines is 1. The van der Waals surface area contributed by atoms with E-state index in [1.165, 1.54) is 27.4 Å². The van der Waals surface area contributed by atoms with Gasteiger partial charge >= 0.3 is 0 Å². The lowest BCUT2D eigenvalue weighted by Crippen LogP contribution is -2.24. The van der Waals surface area contributed by atoms with E-state index in [1.54, 1.807) is 0 Å². The second-order valence-corrected chi connectivity index (χ2v) is 8.92. The van der Waals surface area contributed by atoms with Crippen LogP contribution < -0.4 is 5.32 Å². The summed E-state index contributed by atoms with van der Waals surface area (Å²) in [6, 6.07) is 44.8. The van der Waals surface area contributed by atoms with Crippen molar-refractivity contribution in [1.82, 2.24) is 4.57 Å². The molecule has 0 aliphatic carbocycles. The van der Waals surface area contributed by atoms with Crippen LogP contribution in [-0.4, -0.2) is 10.3 Å². The van der Waals surface area contributed by atoms with E-state index in [2.05, 4.69) is 131 Å². The molecular formula is C32H23N3. The molecule has 3 nitrogen and oxygen atoms in total. The molecule has 1 aliphatic rings. The summed E-state index contributed by atoms with van der Waals surface area (Å²) in [6.07, 6.45) is 0. The van der Waals surface area contributed by atoms with Gasteiger partial charge in [0.15, 0.2) is 0 Å². The van der Waals surface area contributed by atoms with Crippen LogP contribution in [0.5, 0.6) is 0 Å². The Morgan fingerprint density at radius 2 is 1.17 bits per heavy atom. The van der Waals surface area contributed by atoms with Crippen molar-refractivity contribution >= 4 is 38.9 Å². The van der Waals surface area contributed by atoms with E-state index in [4.69, 9.17) is 4.99 Å². The van der Waals surface area contributed by atoms with Gasteiger partial charge in [-0.25, -0.2) is 4.99 Å². The van der Waals surface area contributed by atoms with Gasteiger partial charge in [-0.05, 0) is 47.5 Å². The Morgan fingerprint density at radius 3 is 1.89 bits per heavy atom. The fourth-order valence-corrected chi connectivity index (χ4v) is 5.21. The Kier molecular flexibility index (Phi) is 4.52. The molecule has 1 aromatic heterocycles. The van der Waals surface area contributed by atoms with Crippen molar-refractivity contribution in [3.63, 3.8) is 0 Å². The van der Waals surface area contributed by atoms with Gasteiger partial charge in [0.25, 0.3) is 0 Å². The van der Waals surface area contributed by atoms with Crippen LogP contribution in [0.4, 0.5) is 11.4 Å². The summed E-state index contributed by atoms with van der Waals surface area (Å²) < 4.78 is 2.35. The fraction of sp³-hybridized carbons (Fsp3) is 0.0312. The monoisotopic (exact) mass is 449 g/mol. The summed E-state index contributed by atoms with van der Waals surface area (Å²) in [5, 5.41) is 6.26. The van der Waals surface area contributed by atoms with Gasteiger partial charge in [0, 0.05) is 16.5 Å². The van der Waals surface area contributed by atoms with Crippen LogP contribution in [-0.2, 0) is 0 Å². The summed E-state index contributed by atoms with van der Waals surface area (Å²) in [6.45, 7) is 0. The maximum absolute atomic E-state index is 5.11. The molecule has 1 N–H and O–H groups in total. The van der Waals surface area contributed by atoms with E-state index >= 15 is 0 Å². The standard InChI is InChI=1S/C32H23N3/c1-2-10-22(11-3-1)31-32(34-28-15-7-6-14-27(28)33-31)23-18-20-24(21-19-23)35-29-16-8-4-12-25(29)26-13-5-9-17-30(26)35/h1-21,31,33H. The van der Waals surface area contributed by atoms with Crippen molar-refractivity contribution in [2.24, 2.45) is 4.99 Å². The lowest BCUT2D eigenvalue weighted by atomic mass is 9.94. The predicted octanol–water partition coefficient (Wildman–Crippen LogP) is 8.07. The van der Waals surface area contributed by atoms with Crippen molar-refractivity contribution in [3.8, 4) is 5.69 Å². The lowest BCUT2D eigenvalue weighted by Gasteiger charge is -2.28. The molecule has 35 heavy (non-hydrogen) atoms. The maximum Gasteiger partial charge on any atom is 0.0947 e. The summed E-state index contributed by atoms with van der Waals surface area (Å²) in [5.74, 6) is 0. The predicted molar refractivity (Wildman–Crippen MR) is 146 cm³/mol. The van der Waals surface area contributed by atoms with Gasteiger partial charge in [0.05, 0.1) is 34.2 Å². The largest absolute Gasteiger partial charge is 0.371 e. The van der Waals surface area contributed by atoms with E-state index in [9.17, 15) is 0 Å². The van der Waals surface area contributed by atoms with Gasteiger partial charge in [-0.3, -0.25) is 0 Å². The number of nitrogens with one attached hydrogen (secondary N) is 1. The van der Waals surface area contributed by atoms with E-state index < -0.39 is 0 Å². The number of nitrogens with zero attached hydrogens (tertiary/aromatic N) is 2. The molecule has 1 atom stereocenters. The average molecular weight is 450 g/mol. The van der Waals surface area contributed by atoms with Crippen molar-refractivity contribution in [2.75, 3.05) is 5.32 Å². The molecule has 0 saturated heterocycles. The zero-order chi connectivity index (χ0) is 23.2. The molecule has 7 rings (SSSR count). The van der Waals surface area contributed by atoms with Crippen LogP contribution >= 0.6 is 0 Å². The van der Waals surface area contributed by atoms with Crippen molar-refractivity contribution in [3.05, 3.63) is 139 Å². The molecule has 0 bridgehead atoms. The minimum atomic E-state index is -0.00908. The first-order valence-electron chi connectivity index (χ1n) is 11.9. The molecule has 166 valence electrons. The molecule has 0 radical (unpaired) electrons. The highest BCUT2D eigenvalue weighted by Crippen LogP contribution is 2.37. The van der Waals surface area contributed by atoms with Crippen LogP contribution in [0.2, 0.25) is 0 Å². The third-order valence-electron chi connectivity index (χ3n) is 6.85. The molecule has 1 unspecified atom stereocenters. The van der Waals surface area contributed by atoms with E-state index in [0.717, 1.165) is 28.3 Å². The Hall–Kier alpha value is -4.63. The van der Waals surface area contributed by atoms with Gasteiger partial charge < -0.3 is 9.88 Å². The van der Waals surface area contributed by atoms with Crippen LogP contribution in [0.25, 0.3) is 27.5 Å². The summed E-state index contributed by atoms with van der Waals surface area (Å²) in [5.41, 5.74) is 8.96. The lowest BCUT2D eigenvalue weighted by molar-refractivity contribution is 1.01. The molecule has 5 aromatic carbocycles. The Balaban J connectivity index is 1.37. The van der Waals surface area contributed by atoms with Crippen molar-refractivity contribution in [2.45, 2.75) is 6.04 Å². The summed E-state index contributed by atoms with van der Waals surface area (Å²) in [7, 11) is 0. The SMILES string of the molecule is c1ccc(C2Nc3ccccc3N=C2c2ccc(-n3c4ccccc4c4ccccc43)cc2)cc1. The Morgan fingerprint density at radius 1 is 0.571 bits per heavy atom. The number of para-hydroxylation sites is 4. The van der Waals surface area contributed by atoms with Crippen molar-refractivity contribution in [1.29, 1.82) is 0 Å². The minimum absolute atomic E-state index is 0.00908. The number of hydrogen-bond acceptors (Lipinski definition) is 2. The Bertz CT molecular complexity index is 1660. The molecule has 0 amide bonds. The van der Waals surface area contributed by atoms with Crippen LogP contribution in [0.1, 0.15) is 17.2 Å². The topological polar surface area (TPSA) is 29.3 Å². The van der Waals surface area contributed by atoms with Crippen molar-refractivity contribution < 1.29 is 0 Å². The highest BCUT2D eigenvalue weighted by atomic mass is 15.0. The smallest absolute Gasteiger partial charge is 0.0947 e. The molecule has 6 aromatic rings. The quantitative estimate of drug-likeness (QED) is 0.291. The highest BCUT2D eigenvalue weighted by molar-refractivity contribution is 6.11. The zero-order valence-electron chi connectivity index (χ0n) is 19.1. The molecule has 0 fully saturated rings. The number of rotatable bonds is 3. The third kappa shape index (κ3) is 3.24. The van der Waals surface area contributed by atoms with Gasteiger partial charge in [-0.1, -0.05) is 91.0 Å². The first kappa shape index (κ1) is 19.8. The number of benzene rings is 5. The summed E-state index contributed by atoms with van der Waals surface area (Å²) in [4.78, 5) is 5.11. The van der Waals surface area contributed by atoms with E-state index in [0.29, 0.717) is 0 Å². The van der Waals surface area contributed by atoms with E-state index in [-0.39, 0.29) is 6.04 Å². The van der Waals surface area contributed by atoms with Gasteiger partial charge in [0.1, 0.15) is 0 Å². The average Bonchev–Trinajstić information content (AvgIpc) is 3.27. The van der Waals surface area contributed by atoms with Crippen LogP contribution in [0.15, 0.2) is 132 Å². The zero-order valence-corrected chi connectivity index (χ0v) is 19.1. The summed E-state index contributed by atoms with van der Waals surface area (Å²) >= 11 is 0. The molecule has 3 heteroatoms. The Labute approximate surface area is 204 Å². The second-order valence-electron chi connectivity index (χ2n) is 8.92. The molecule has 0 spiro atoms. The number of fused-ring (bicyclic) bond motifs is 4. The first-order valence-corrected chi connectivity index (χ1v) is 11.9. The number of hydrogen-bond donors (Lipinski definition) is 1. The fourth-order valence-electron chi connectivity index (χ4n) is 5.21. The van der Waals surface area contributed by atoms with Gasteiger partial charge in [-0.15, -0.1) is 0 Å². The number of aliphatic imine (C=N–C) groups is 1. The van der Waals surface area contributed by atoms with Crippen LogP contribution in [0.3, 0.4) is 0 Å². The highest BCUT2D eigenvalue weighted by Gasteiger charge is 2.25. The third-order valence-corrected chi connectivity index (χ3v) is 6.85. The maximum atomic E-state index is 5.11. The molecule has 0 saturated carbocycles. The normalized spacial score (nSPS) is 15.0. The molecule has 2 heterocycles. The second kappa shape index (κ2) is 8.00. The number of aromatic nitrogens is 1.